The van der Waals surface area contributed by atoms with E-state index in [1.165, 1.54) is 30.3 Å². The number of benzene rings is 3. The molecule has 1 aliphatic rings. The number of nitriles is 1. The first-order valence-electron chi connectivity index (χ1n) is 11.1. The van der Waals surface area contributed by atoms with Gasteiger partial charge in [0.25, 0.3) is 0 Å². The fraction of sp³-hybridized carbons (Fsp3) is 0.185. The quantitative estimate of drug-likeness (QED) is 0.208. The summed E-state index contributed by atoms with van der Waals surface area (Å²) in [5.41, 5.74) is 7.40. The van der Waals surface area contributed by atoms with Gasteiger partial charge in [-0.25, -0.2) is 9.18 Å². The number of hydrogen-bond acceptors (Lipinski definition) is 6. The van der Waals surface area contributed by atoms with Crippen LogP contribution in [-0.2, 0) is 0 Å². The molecule has 0 amide bonds. The normalized spacial score (nSPS) is 14.5. The molecule has 4 rings (SSSR count). The van der Waals surface area contributed by atoms with Gasteiger partial charge in [0.2, 0.25) is 5.88 Å². The van der Waals surface area contributed by atoms with Gasteiger partial charge >= 0.3 is 5.97 Å². The minimum Gasteiger partial charge on any atom is -0.490 e. The number of ether oxygens (including phenoxy) is 3. The number of halogens is 3. The molecule has 1 aliphatic heterocycles. The second-order valence-electron chi connectivity index (χ2n) is 8.04. The van der Waals surface area contributed by atoms with Crippen LogP contribution in [0.25, 0.3) is 0 Å². The van der Waals surface area contributed by atoms with E-state index in [-0.39, 0.29) is 38.6 Å². The third-order valence-electron chi connectivity index (χ3n) is 5.56. The van der Waals surface area contributed by atoms with Crippen molar-refractivity contribution in [3.63, 3.8) is 0 Å². The van der Waals surface area contributed by atoms with Gasteiger partial charge in [0.1, 0.15) is 29.0 Å². The smallest absolute Gasteiger partial charge is 0.343 e. The van der Waals surface area contributed by atoms with Crippen molar-refractivity contribution >= 4 is 29.2 Å². The third kappa shape index (κ3) is 5.25. The molecule has 0 saturated carbocycles. The van der Waals surface area contributed by atoms with E-state index in [9.17, 15) is 14.4 Å². The van der Waals surface area contributed by atoms with E-state index in [2.05, 4.69) is 0 Å². The Morgan fingerprint density at radius 2 is 1.92 bits per heavy atom. The molecule has 184 valence electrons. The molecule has 9 heteroatoms. The summed E-state index contributed by atoms with van der Waals surface area (Å²) in [6, 6.07) is 15.5. The largest absolute Gasteiger partial charge is 0.490 e. The molecule has 0 spiro atoms. The SMILES string of the molecule is CCCCOc1c(Cl)cc(C(=O)Oc2ccc3c(c2)OC(N)=C(C#N)C3c2cccc(F)c2)cc1Cl. The summed E-state index contributed by atoms with van der Waals surface area (Å²) >= 11 is 12.6. The Labute approximate surface area is 217 Å². The number of nitrogens with zero attached hydrogens (tertiary/aromatic N) is 1. The number of carbonyl (C=O) groups is 1. The summed E-state index contributed by atoms with van der Waals surface area (Å²) in [4.78, 5) is 12.8. The first kappa shape index (κ1) is 25.4. The van der Waals surface area contributed by atoms with Crippen molar-refractivity contribution in [2.24, 2.45) is 5.73 Å². The lowest BCUT2D eigenvalue weighted by atomic mass is 9.83. The zero-order chi connectivity index (χ0) is 25.8. The minimum absolute atomic E-state index is 0.111. The molecule has 0 aromatic heterocycles. The predicted molar refractivity (Wildman–Crippen MR) is 134 cm³/mol. The predicted octanol–water partition coefficient (Wildman–Crippen LogP) is 6.75. The first-order chi connectivity index (χ1) is 17.3. The molecule has 0 aliphatic carbocycles. The van der Waals surface area contributed by atoms with Gasteiger partial charge in [-0.1, -0.05) is 54.7 Å². The van der Waals surface area contributed by atoms with Crippen molar-refractivity contribution in [1.29, 1.82) is 5.26 Å². The van der Waals surface area contributed by atoms with Gasteiger partial charge in [-0.15, -0.1) is 0 Å². The number of rotatable bonds is 7. The van der Waals surface area contributed by atoms with Gasteiger partial charge in [-0.2, -0.15) is 5.26 Å². The molecule has 1 unspecified atom stereocenters. The van der Waals surface area contributed by atoms with E-state index in [0.717, 1.165) is 12.8 Å². The summed E-state index contributed by atoms with van der Waals surface area (Å²) in [5.74, 6) is -1.14. The molecule has 36 heavy (non-hydrogen) atoms. The lowest BCUT2D eigenvalue weighted by Crippen LogP contribution is -2.21. The molecule has 0 bridgehead atoms. The van der Waals surface area contributed by atoms with Crippen molar-refractivity contribution in [1.82, 2.24) is 0 Å². The average Bonchev–Trinajstić information content (AvgIpc) is 2.84. The summed E-state index contributed by atoms with van der Waals surface area (Å²) in [6.07, 6.45) is 1.79. The lowest BCUT2D eigenvalue weighted by Gasteiger charge is -2.26. The van der Waals surface area contributed by atoms with Crippen molar-refractivity contribution in [2.75, 3.05) is 6.61 Å². The Morgan fingerprint density at radius 1 is 1.17 bits per heavy atom. The highest BCUT2D eigenvalue weighted by molar-refractivity contribution is 6.37. The van der Waals surface area contributed by atoms with E-state index >= 15 is 0 Å². The van der Waals surface area contributed by atoms with E-state index < -0.39 is 17.7 Å². The molecule has 2 N–H and O–H groups in total. The summed E-state index contributed by atoms with van der Waals surface area (Å²) in [7, 11) is 0. The number of nitrogens with two attached hydrogens (primary N) is 1. The first-order valence-corrected chi connectivity index (χ1v) is 11.9. The highest BCUT2D eigenvalue weighted by Gasteiger charge is 2.31. The fourth-order valence-corrected chi connectivity index (χ4v) is 4.42. The van der Waals surface area contributed by atoms with Gasteiger partial charge < -0.3 is 19.9 Å². The second kappa shape index (κ2) is 10.9. The monoisotopic (exact) mass is 526 g/mol. The maximum absolute atomic E-state index is 13.9. The van der Waals surface area contributed by atoms with Gasteiger partial charge in [0.15, 0.2) is 5.75 Å². The molecule has 1 atom stereocenters. The van der Waals surface area contributed by atoms with E-state index in [0.29, 0.717) is 23.5 Å². The molecular formula is C27H21Cl2FN2O4. The number of esters is 1. The number of allylic oxidation sites excluding steroid dienone is 1. The minimum atomic E-state index is -0.697. The van der Waals surface area contributed by atoms with Crippen LogP contribution in [0.1, 0.15) is 47.2 Å². The molecular weight excluding hydrogens is 506 g/mol. The Kier molecular flexibility index (Phi) is 7.68. The van der Waals surface area contributed by atoms with Crippen molar-refractivity contribution in [2.45, 2.75) is 25.7 Å². The topological polar surface area (TPSA) is 94.6 Å². The molecule has 3 aromatic rings. The highest BCUT2D eigenvalue weighted by Crippen LogP contribution is 2.43. The van der Waals surface area contributed by atoms with Crippen LogP contribution in [0.15, 0.2) is 66.1 Å². The van der Waals surface area contributed by atoms with Crippen molar-refractivity contribution in [3.05, 3.63) is 98.6 Å². The standard InChI is InChI=1S/C27H21Cl2FN2O4/c1-2-3-9-34-25-21(28)11-16(12-22(25)29)27(33)35-18-7-8-19-23(13-18)36-26(32)20(14-31)24(19)15-5-4-6-17(30)10-15/h4-8,10-13,24H,2-3,9,32H2,1H3. The fourth-order valence-electron chi connectivity index (χ4n) is 3.83. The molecule has 0 saturated heterocycles. The highest BCUT2D eigenvalue weighted by atomic mass is 35.5. The average molecular weight is 527 g/mol. The van der Waals surface area contributed by atoms with Crippen LogP contribution in [-0.4, -0.2) is 12.6 Å². The summed E-state index contributed by atoms with van der Waals surface area (Å²) < 4.78 is 30.7. The molecule has 1 heterocycles. The van der Waals surface area contributed by atoms with Gasteiger partial charge in [-0.05, 0) is 42.3 Å². The lowest BCUT2D eigenvalue weighted by molar-refractivity contribution is 0.0734. The zero-order valence-electron chi connectivity index (χ0n) is 19.2. The van der Waals surface area contributed by atoms with Crippen LogP contribution in [0.3, 0.4) is 0 Å². The zero-order valence-corrected chi connectivity index (χ0v) is 20.7. The maximum Gasteiger partial charge on any atom is 0.343 e. The van der Waals surface area contributed by atoms with E-state index in [1.807, 2.05) is 13.0 Å². The number of fused-ring (bicyclic) bond motifs is 1. The van der Waals surface area contributed by atoms with Crippen molar-refractivity contribution in [3.8, 4) is 23.3 Å². The van der Waals surface area contributed by atoms with Crippen LogP contribution in [0, 0.1) is 17.1 Å². The molecule has 6 nitrogen and oxygen atoms in total. The molecule has 0 fully saturated rings. The number of hydrogen-bond donors (Lipinski definition) is 1. The maximum atomic E-state index is 13.9. The second-order valence-corrected chi connectivity index (χ2v) is 8.85. The Balaban J connectivity index is 1.60. The van der Waals surface area contributed by atoms with Gasteiger partial charge in [0.05, 0.1) is 28.1 Å². The summed E-state index contributed by atoms with van der Waals surface area (Å²) in [5, 5.41) is 10.0. The Hall–Kier alpha value is -3.73. The van der Waals surface area contributed by atoms with Crippen LogP contribution in [0.2, 0.25) is 10.0 Å². The van der Waals surface area contributed by atoms with E-state index in [4.69, 9.17) is 43.1 Å². The number of carbonyl (C=O) groups excluding carboxylic acids is 1. The Bertz CT molecular complexity index is 1380. The Morgan fingerprint density at radius 3 is 2.58 bits per heavy atom. The van der Waals surface area contributed by atoms with Crippen LogP contribution >= 0.6 is 23.2 Å². The van der Waals surface area contributed by atoms with Gasteiger partial charge in [-0.3, -0.25) is 0 Å². The third-order valence-corrected chi connectivity index (χ3v) is 6.12. The van der Waals surface area contributed by atoms with Gasteiger partial charge in [0, 0.05) is 11.6 Å². The van der Waals surface area contributed by atoms with E-state index in [1.54, 1.807) is 24.3 Å². The summed E-state index contributed by atoms with van der Waals surface area (Å²) in [6.45, 7) is 2.49. The number of unbranched alkanes of at least 4 members (excludes halogenated alkanes) is 1. The van der Waals surface area contributed by atoms with Crippen molar-refractivity contribution < 1.29 is 23.4 Å². The molecule has 0 radical (unpaired) electrons. The molecule has 3 aromatic carbocycles. The van der Waals surface area contributed by atoms with Crippen LogP contribution in [0.5, 0.6) is 17.2 Å². The van der Waals surface area contributed by atoms with Crippen LogP contribution in [0.4, 0.5) is 4.39 Å². The van der Waals surface area contributed by atoms with Crippen LogP contribution < -0.4 is 19.9 Å².